The number of carboxylic acid groups (broad SMARTS) is 1. The van der Waals surface area contributed by atoms with Crippen LogP contribution in [0, 0.1) is 0 Å². The van der Waals surface area contributed by atoms with Crippen molar-refractivity contribution in [2.75, 3.05) is 6.61 Å². The average molecular weight is 163 g/mol. The molecule has 0 bridgehead atoms. The average Bonchev–Trinajstić information content (AvgIpc) is 1.69. The second-order valence-corrected chi connectivity index (χ2v) is 0.804. The zero-order chi connectivity index (χ0) is 6.99. The summed E-state index contributed by atoms with van der Waals surface area (Å²) < 4.78 is 8.51. The van der Waals surface area contributed by atoms with Gasteiger partial charge in [0.05, 0.1) is 12.6 Å². The molecule has 0 rings (SSSR count). The van der Waals surface area contributed by atoms with Crippen molar-refractivity contribution in [3.63, 3.8) is 0 Å². The van der Waals surface area contributed by atoms with Crippen LogP contribution in [0.4, 0.5) is 0 Å². The van der Waals surface area contributed by atoms with Crippen LogP contribution in [0.2, 0.25) is 0 Å². The molecule has 0 amide bonds. The van der Waals surface area contributed by atoms with Crippen LogP contribution in [0.3, 0.4) is 0 Å². The molecule has 0 aromatic carbocycles. The van der Waals surface area contributed by atoms with Crippen LogP contribution in [-0.4, -0.2) is 22.6 Å². The monoisotopic (exact) mass is 163 g/mol. The van der Waals surface area contributed by atoms with Crippen LogP contribution in [0.5, 0.6) is 0 Å². The molecule has 0 fully saturated rings. The first kappa shape index (κ1) is 16.2. The fourth-order valence-corrected chi connectivity index (χ4v) is 0. The Kier molecular flexibility index (Phi) is 28.5. The number of aliphatic carboxylic acids is 1. The zero-order valence-corrected chi connectivity index (χ0v) is 7.83. The maximum absolute atomic E-state index is 9.01. The normalized spacial score (nSPS) is 6.44. The molecule has 0 heterocycles. The van der Waals surface area contributed by atoms with Gasteiger partial charge >= 0.3 is 38.2 Å². The Morgan fingerprint density at radius 3 is 1.78 bits per heavy atom. The summed E-state index contributed by atoms with van der Waals surface area (Å²) in [7, 11) is -1.17. The van der Waals surface area contributed by atoms with Gasteiger partial charge in [-0.1, -0.05) is 0 Å². The number of hydrogen-bond donors (Lipinski definition) is 2. The summed E-state index contributed by atoms with van der Waals surface area (Å²) in [5, 5.41) is 16.5. The number of hydrogen-bond acceptors (Lipinski definition) is 4. The number of rotatable bonds is 1. The summed E-state index contributed by atoms with van der Waals surface area (Å²) in [5.74, 6) is -1.44. The summed E-state index contributed by atoms with van der Waals surface area (Å²) in [5.41, 5.74) is 0. The van der Waals surface area contributed by atoms with Gasteiger partial charge in [-0.05, 0) is 4.57 Å². The van der Waals surface area contributed by atoms with Gasteiger partial charge in [-0.2, -0.15) is 4.89 Å². The Hall–Kier alpha value is 0.490. The maximum atomic E-state index is 9.01. The van der Waals surface area contributed by atoms with Crippen molar-refractivity contribution in [3.8, 4) is 0 Å². The molecule has 0 aromatic rings. The third-order valence-corrected chi connectivity index (χ3v) is 0.129. The molecule has 0 aliphatic carbocycles. The second kappa shape index (κ2) is 15.8. The first-order valence-electron chi connectivity index (χ1n) is 1.51. The number of carbonyl (C=O) groups is 1. The van der Waals surface area contributed by atoms with Gasteiger partial charge in [-0.25, -0.2) is 0 Å². The minimum atomic E-state index is -1.44. The molecule has 5 nitrogen and oxygen atoms in total. The molecule has 0 radical (unpaired) electrons. The van der Waals surface area contributed by atoms with Gasteiger partial charge in [-0.3, -0.25) is 0 Å². The minimum absolute atomic E-state index is 0. The van der Waals surface area contributed by atoms with Crippen molar-refractivity contribution >= 4 is 14.7 Å². The van der Waals surface area contributed by atoms with E-state index in [9.17, 15) is 0 Å². The van der Waals surface area contributed by atoms with Gasteiger partial charge in [0.1, 0.15) is 0 Å². The van der Waals surface area contributed by atoms with Gasteiger partial charge in [0, 0.05) is 0 Å². The van der Waals surface area contributed by atoms with E-state index in [4.69, 9.17) is 24.5 Å². The molecule has 0 spiro atoms. The zero-order valence-electron chi connectivity index (χ0n) is 4.83. The fraction of sp³-hybridized carbons (Fsp3) is 0.500. The van der Waals surface area contributed by atoms with E-state index in [1.54, 1.807) is 0 Å². The van der Waals surface area contributed by atoms with E-state index < -0.39 is 21.3 Å². The Bertz CT molecular complexity index is 75.4. The van der Waals surface area contributed by atoms with Crippen molar-refractivity contribution in [3.05, 3.63) is 0 Å². The molecule has 0 saturated heterocycles. The van der Waals surface area contributed by atoms with Gasteiger partial charge < -0.3 is 15.0 Å². The maximum Gasteiger partial charge on any atom is 1.00 e. The summed E-state index contributed by atoms with van der Waals surface area (Å²) in [6.07, 6.45) is 0. The van der Waals surface area contributed by atoms with Crippen LogP contribution in [0.1, 0.15) is 0 Å². The molecule has 0 saturated carbocycles. The smallest absolute Gasteiger partial charge is 0.548 e. The molecule has 0 aliphatic heterocycles. The largest absolute Gasteiger partial charge is 1.00 e. The molecule has 0 aromatic heterocycles. The van der Waals surface area contributed by atoms with Crippen LogP contribution < -0.4 is 34.7 Å². The number of aliphatic hydroxyl groups is 1. The Balaban J connectivity index is -0.0000000800. The van der Waals surface area contributed by atoms with Crippen molar-refractivity contribution in [1.29, 1.82) is 0 Å². The standard InChI is InChI=1S/C2H4O3.Na.HO2P/c3-1-2(4)5;;1-3-2/h3H,1H2,(H,4,5);;3H/q;+1;. The summed E-state index contributed by atoms with van der Waals surface area (Å²) in [4.78, 5) is 16.0. The predicted molar refractivity (Wildman–Crippen MR) is 23.3 cm³/mol. The topological polar surface area (TPSA) is 97.7 Å². The van der Waals surface area contributed by atoms with E-state index in [2.05, 4.69) is 0 Å². The molecule has 2 N–H and O–H groups in total. The van der Waals surface area contributed by atoms with Gasteiger partial charge in [-0.15, -0.1) is 0 Å². The Morgan fingerprint density at radius 2 is 1.78 bits per heavy atom. The number of carboxylic acids is 1. The quantitative estimate of drug-likeness (QED) is 0.297. The van der Waals surface area contributed by atoms with E-state index in [0.717, 1.165) is 0 Å². The van der Waals surface area contributed by atoms with Crippen molar-refractivity contribution in [2.45, 2.75) is 0 Å². The van der Waals surface area contributed by atoms with Gasteiger partial charge in [0.25, 0.3) is 0 Å². The summed E-state index contributed by atoms with van der Waals surface area (Å²) in [6, 6.07) is 0. The van der Waals surface area contributed by atoms with Crippen LogP contribution >= 0.6 is 8.69 Å². The summed E-state index contributed by atoms with van der Waals surface area (Å²) >= 11 is 0. The van der Waals surface area contributed by atoms with Gasteiger partial charge in [0.15, 0.2) is 0 Å². The fourth-order valence-electron chi connectivity index (χ4n) is 0. The van der Waals surface area contributed by atoms with Crippen LogP contribution in [-0.2, 0) is 9.36 Å². The first-order chi connectivity index (χ1) is 3.68. The predicted octanol–water partition coefficient (Wildman–Crippen LogP) is -5.35. The third-order valence-electron chi connectivity index (χ3n) is 0.129. The van der Waals surface area contributed by atoms with Crippen LogP contribution in [0.25, 0.3) is 0 Å². The first-order valence-corrected chi connectivity index (χ1v) is 2.36. The minimum Gasteiger partial charge on any atom is -0.548 e. The number of aliphatic hydroxyl groups excluding tert-OH is 1. The Morgan fingerprint density at radius 1 is 1.67 bits per heavy atom. The van der Waals surface area contributed by atoms with Crippen molar-refractivity contribution in [1.82, 2.24) is 0 Å². The Labute approximate surface area is 75.3 Å². The molecular weight excluding hydrogens is 158 g/mol. The number of carbonyl (C=O) groups excluding carboxylic acids is 1. The van der Waals surface area contributed by atoms with Crippen molar-refractivity contribution in [2.24, 2.45) is 0 Å². The van der Waals surface area contributed by atoms with E-state index >= 15 is 0 Å². The third kappa shape index (κ3) is 57.7. The van der Waals surface area contributed by atoms with Crippen molar-refractivity contribution < 1.29 is 54.0 Å². The molecule has 48 valence electrons. The van der Waals surface area contributed by atoms with E-state index in [1.165, 1.54) is 0 Å². The second-order valence-electron chi connectivity index (χ2n) is 0.621. The van der Waals surface area contributed by atoms with E-state index in [0.29, 0.717) is 0 Å². The molecule has 1 unspecified atom stereocenters. The molecular formula is C2H5NaO5P+. The molecule has 7 heteroatoms. The molecule has 0 aliphatic rings. The SMILES string of the molecule is O=C([O-])CO.O=[PH+]O.[Na+]. The molecule has 1 atom stereocenters. The molecule has 9 heavy (non-hydrogen) atoms. The van der Waals surface area contributed by atoms with E-state index in [-0.39, 0.29) is 29.6 Å². The van der Waals surface area contributed by atoms with Gasteiger partial charge in [0.2, 0.25) is 0 Å². The van der Waals surface area contributed by atoms with E-state index in [1.807, 2.05) is 0 Å². The summed E-state index contributed by atoms with van der Waals surface area (Å²) in [6.45, 7) is -0.889. The van der Waals surface area contributed by atoms with Crippen LogP contribution in [0.15, 0.2) is 0 Å².